The van der Waals surface area contributed by atoms with Gasteiger partial charge in [0.05, 0.1) is 6.20 Å². The van der Waals surface area contributed by atoms with Crippen LogP contribution in [0.3, 0.4) is 0 Å². The van der Waals surface area contributed by atoms with Crippen LogP contribution in [0.15, 0.2) is 30.5 Å². The molecule has 0 radical (unpaired) electrons. The normalized spacial score (nSPS) is 12.0. The maximum atomic E-state index is 13.6. The minimum Gasteiger partial charge on any atom is -0.365 e. The van der Waals surface area contributed by atoms with Crippen LogP contribution < -0.4 is 10.6 Å². The summed E-state index contributed by atoms with van der Waals surface area (Å²) in [6.45, 7) is 1.91. The lowest BCUT2D eigenvalue weighted by Gasteiger charge is -2.15. The van der Waals surface area contributed by atoms with Gasteiger partial charge in [-0.1, -0.05) is 12.1 Å². The Morgan fingerprint density at radius 1 is 1.20 bits per heavy atom. The summed E-state index contributed by atoms with van der Waals surface area (Å²) in [6, 6.07) is 6.19. The molecule has 1 aromatic heterocycles. The highest BCUT2D eigenvalue weighted by Crippen LogP contribution is 2.14. The van der Waals surface area contributed by atoms with Gasteiger partial charge in [0.15, 0.2) is 11.6 Å². The molecule has 0 aliphatic heterocycles. The van der Waals surface area contributed by atoms with Crippen molar-refractivity contribution in [3.05, 3.63) is 47.7 Å². The summed E-state index contributed by atoms with van der Waals surface area (Å²) in [4.78, 5) is 7.80. The van der Waals surface area contributed by atoms with E-state index < -0.39 is 5.82 Å². The Labute approximate surface area is 116 Å². The van der Waals surface area contributed by atoms with E-state index in [1.54, 1.807) is 19.2 Å². The highest BCUT2D eigenvalue weighted by Gasteiger charge is 2.10. The minimum atomic E-state index is -0.505. The largest absolute Gasteiger partial charge is 0.365 e. The molecule has 6 heteroatoms. The fourth-order valence-electron chi connectivity index (χ4n) is 1.85. The highest BCUT2D eigenvalue weighted by molar-refractivity contribution is 5.41. The number of hydrogen-bond acceptors (Lipinski definition) is 4. The monoisotopic (exact) mass is 278 g/mol. The lowest BCUT2D eigenvalue weighted by Crippen LogP contribution is -2.20. The molecule has 0 bridgehead atoms. The Kier molecular flexibility index (Phi) is 4.45. The Bertz CT molecular complexity index is 572. The van der Waals surface area contributed by atoms with Crippen molar-refractivity contribution < 1.29 is 8.78 Å². The van der Waals surface area contributed by atoms with Gasteiger partial charge in [-0.15, -0.1) is 0 Å². The molecular weight excluding hydrogens is 262 g/mol. The van der Waals surface area contributed by atoms with Crippen molar-refractivity contribution >= 4 is 11.8 Å². The van der Waals surface area contributed by atoms with Crippen LogP contribution in [0.5, 0.6) is 0 Å². The van der Waals surface area contributed by atoms with Crippen molar-refractivity contribution in [1.29, 1.82) is 0 Å². The molecule has 0 aliphatic rings. The lowest BCUT2D eigenvalue weighted by atomic mass is 10.1. The van der Waals surface area contributed by atoms with E-state index in [4.69, 9.17) is 0 Å². The summed E-state index contributed by atoms with van der Waals surface area (Å²) >= 11 is 0. The van der Waals surface area contributed by atoms with Crippen LogP contribution in [0, 0.1) is 11.6 Å². The molecule has 20 heavy (non-hydrogen) atoms. The minimum absolute atomic E-state index is 0.0467. The second kappa shape index (κ2) is 6.27. The Morgan fingerprint density at radius 2 is 1.90 bits per heavy atom. The van der Waals surface area contributed by atoms with Crippen molar-refractivity contribution in [2.24, 2.45) is 0 Å². The molecule has 1 heterocycles. The molecule has 0 saturated heterocycles. The second-order valence-electron chi connectivity index (χ2n) is 4.52. The number of halogens is 2. The molecule has 0 aliphatic carbocycles. The molecule has 2 aromatic rings. The molecule has 2 N–H and O–H groups in total. The Hall–Kier alpha value is -2.24. The molecule has 0 amide bonds. The van der Waals surface area contributed by atoms with Gasteiger partial charge in [-0.3, -0.25) is 0 Å². The van der Waals surface area contributed by atoms with Crippen molar-refractivity contribution in [2.75, 3.05) is 17.7 Å². The standard InChI is InChI=1S/C14H16F2N4/c1-9(7-10-3-5-11(15)6-4-10)19-13-12(16)8-18-14(17-2)20-13/h3-6,8-9H,7H2,1-2H3,(H2,17,18,19,20). The first kappa shape index (κ1) is 14.2. The van der Waals surface area contributed by atoms with Crippen molar-refractivity contribution in [2.45, 2.75) is 19.4 Å². The van der Waals surface area contributed by atoms with E-state index in [0.29, 0.717) is 12.4 Å². The first-order valence-electron chi connectivity index (χ1n) is 6.29. The van der Waals surface area contributed by atoms with Crippen LogP contribution in [0.2, 0.25) is 0 Å². The topological polar surface area (TPSA) is 49.8 Å². The zero-order valence-electron chi connectivity index (χ0n) is 11.3. The smallest absolute Gasteiger partial charge is 0.224 e. The van der Waals surface area contributed by atoms with Crippen molar-refractivity contribution in [3.8, 4) is 0 Å². The van der Waals surface area contributed by atoms with Gasteiger partial charge >= 0.3 is 0 Å². The van der Waals surface area contributed by atoms with Crippen LogP contribution in [-0.4, -0.2) is 23.1 Å². The number of rotatable bonds is 5. The molecule has 0 saturated carbocycles. The number of anilines is 2. The van der Waals surface area contributed by atoms with E-state index in [-0.39, 0.29) is 17.7 Å². The number of nitrogens with one attached hydrogen (secondary N) is 2. The van der Waals surface area contributed by atoms with Gasteiger partial charge < -0.3 is 10.6 Å². The van der Waals surface area contributed by atoms with Gasteiger partial charge in [-0.2, -0.15) is 4.98 Å². The number of hydrogen-bond donors (Lipinski definition) is 2. The third kappa shape index (κ3) is 3.63. The zero-order chi connectivity index (χ0) is 14.5. The average Bonchev–Trinajstić information content (AvgIpc) is 2.44. The summed E-state index contributed by atoms with van der Waals surface area (Å²) in [5, 5.41) is 5.74. The molecule has 0 fully saturated rings. The molecule has 4 nitrogen and oxygen atoms in total. The lowest BCUT2D eigenvalue weighted by molar-refractivity contribution is 0.612. The van der Waals surface area contributed by atoms with Gasteiger partial charge in [-0.05, 0) is 31.0 Å². The maximum absolute atomic E-state index is 13.6. The fraction of sp³-hybridized carbons (Fsp3) is 0.286. The molecule has 2 rings (SSSR count). The number of aromatic nitrogens is 2. The van der Waals surface area contributed by atoms with Crippen LogP contribution in [0.1, 0.15) is 12.5 Å². The Morgan fingerprint density at radius 3 is 2.55 bits per heavy atom. The molecular formula is C14H16F2N4. The van der Waals surface area contributed by atoms with E-state index in [1.165, 1.54) is 12.1 Å². The summed E-state index contributed by atoms with van der Waals surface area (Å²) in [5.74, 6) is -0.272. The number of nitrogens with zero attached hydrogens (tertiary/aromatic N) is 2. The van der Waals surface area contributed by atoms with Crippen molar-refractivity contribution in [3.63, 3.8) is 0 Å². The fourth-order valence-corrected chi connectivity index (χ4v) is 1.85. The van der Waals surface area contributed by atoms with Gasteiger partial charge in [0, 0.05) is 13.1 Å². The van der Waals surface area contributed by atoms with E-state index >= 15 is 0 Å². The predicted molar refractivity (Wildman–Crippen MR) is 74.7 cm³/mol. The van der Waals surface area contributed by atoms with Crippen LogP contribution in [-0.2, 0) is 6.42 Å². The quantitative estimate of drug-likeness (QED) is 0.883. The first-order chi connectivity index (χ1) is 9.58. The summed E-state index contributed by atoms with van der Waals surface area (Å²) in [5.41, 5.74) is 0.967. The van der Waals surface area contributed by atoms with E-state index in [2.05, 4.69) is 20.6 Å². The number of benzene rings is 1. The average molecular weight is 278 g/mol. The van der Waals surface area contributed by atoms with Crippen LogP contribution >= 0.6 is 0 Å². The highest BCUT2D eigenvalue weighted by atomic mass is 19.1. The van der Waals surface area contributed by atoms with E-state index in [9.17, 15) is 8.78 Å². The van der Waals surface area contributed by atoms with Gasteiger partial charge in [0.1, 0.15) is 5.82 Å². The molecule has 1 unspecified atom stereocenters. The predicted octanol–water partition coefficient (Wildman–Crippen LogP) is 2.84. The van der Waals surface area contributed by atoms with Crippen molar-refractivity contribution in [1.82, 2.24) is 9.97 Å². The van der Waals surface area contributed by atoms with E-state index in [1.807, 2.05) is 6.92 Å². The van der Waals surface area contributed by atoms with E-state index in [0.717, 1.165) is 11.8 Å². The molecule has 1 atom stereocenters. The third-order valence-corrected chi connectivity index (χ3v) is 2.81. The third-order valence-electron chi connectivity index (χ3n) is 2.81. The second-order valence-corrected chi connectivity index (χ2v) is 4.52. The first-order valence-corrected chi connectivity index (χ1v) is 6.29. The molecule has 0 spiro atoms. The van der Waals surface area contributed by atoms with Crippen LogP contribution in [0.4, 0.5) is 20.5 Å². The van der Waals surface area contributed by atoms with Gasteiger partial charge in [0.25, 0.3) is 0 Å². The SMILES string of the molecule is CNc1ncc(F)c(NC(C)Cc2ccc(F)cc2)n1. The Balaban J connectivity index is 2.04. The van der Waals surface area contributed by atoms with Gasteiger partial charge in [0.2, 0.25) is 5.95 Å². The molecule has 106 valence electrons. The zero-order valence-corrected chi connectivity index (χ0v) is 11.3. The maximum Gasteiger partial charge on any atom is 0.224 e. The molecule has 1 aromatic carbocycles. The summed E-state index contributed by atoms with van der Waals surface area (Å²) < 4.78 is 26.4. The summed E-state index contributed by atoms with van der Waals surface area (Å²) in [7, 11) is 1.67. The van der Waals surface area contributed by atoms with Gasteiger partial charge in [-0.25, -0.2) is 13.8 Å². The summed E-state index contributed by atoms with van der Waals surface area (Å²) in [6.07, 6.45) is 1.75. The van der Waals surface area contributed by atoms with Crippen LogP contribution in [0.25, 0.3) is 0 Å².